The highest BCUT2D eigenvalue weighted by atomic mass is 19.1. The average molecular weight is 223 g/mol. The van der Waals surface area contributed by atoms with Crippen LogP contribution in [0.5, 0.6) is 5.75 Å². The molecule has 16 heavy (non-hydrogen) atoms. The minimum Gasteiger partial charge on any atom is -0.488 e. The van der Waals surface area contributed by atoms with Crippen LogP contribution in [0.4, 0.5) is 4.39 Å². The van der Waals surface area contributed by atoms with Crippen LogP contribution in [0.1, 0.15) is 36.9 Å². The summed E-state index contributed by atoms with van der Waals surface area (Å²) in [6.07, 6.45) is 2.19. The van der Waals surface area contributed by atoms with Crippen LogP contribution in [-0.4, -0.2) is 13.2 Å². The average Bonchev–Trinajstić information content (AvgIpc) is 2.56. The number of ether oxygens (including phenoxy) is 1. The molecule has 0 fully saturated rings. The van der Waals surface area contributed by atoms with Gasteiger partial charge in [0.25, 0.3) is 0 Å². The van der Waals surface area contributed by atoms with Gasteiger partial charge in [0.15, 0.2) is 0 Å². The van der Waals surface area contributed by atoms with E-state index in [1.54, 1.807) is 6.07 Å². The second kappa shape index (κ2) is 4.42. The predicted molar refractivity (Wildman–Crippen MR) is 62.3 cm³/mol. The Hall–Kier alpha value is -1.09. The summed E-state index contributed by atoms with van der Waals surface area (Å²) in [5.74, 6) is 0.677. The zero-order valence-corrected chi connectivity index (χ0v) is 10.0. The molecule has 1 aromatic rings. The standard InChI is InChI=1S/C13H18FNO/c1-4-5-11-12(15-3)10-7-9(14)6-8(2)13(10)16-11/h6-7,11-12,15H,4-5H2,1-3H3. The number of aryl methyl sites for hydroxylation is 1. The van der Waals surface area contributed by atoms with Crippen LogP contribution in [0.2, 0.25) is 0 Å². The van der Waals surface area contributed by atoms with Gasteiger partial charge in [-0.15, -0.1) is 0 Å². The van der Waals surface area contributed by atoms with E-state index in [2.05, 4.69) is 12.2 Å². The Bertz CT molecular complexity index is 392. The molecule has 1 N–H and O–H groups in total. The Balaban J connectivity index is 2.38. The van der Waals surface area contributed by atoms with E-state index < -0.39 is 0 Å². The quantitative estimate of drug-likeness (QED) is 0.850. The number of hydrogen-bond donors (Lipinski definition) is 1. The largest absolute Gasteiger partial charge is 0.488 e. The van der Waals surface area contributed by atoms with E-state index in [9.17, 15) is 4.39 Å². The number of hydrogen-bond acceptors (Lipinski definition) is 2. The van der Waals surface area contributed by atoms with E-state index in [1.807, 2.05) is 14.0 Å². The molecule has 1 aromatic carbocycles. The van der Waals surface area contributed by atoms with Gasteiger partial charge >= 0.3 is 0 Å². The van der Waals surface area contributed by atoms with Gasteiger partial charge < -0.3 is 10.1 Å². The maximum absolute atomic E-state index is 13.4. The molecular formula is C13H18FNO. The number of likely N-dealkylation sites (N-methyl/N-ethyl adjacent to an activating group) is 1. The van der Waals surface area contributed by atoms with Crippen molar-refractivity contribution in [1.29, 1.82) is 0 Å². The number of nitrogens with one attached hydrogen (secondary N) is 1. The minimum atomic E-state index is -0.183. The summed E-state index contributed by atoms with van der Waals surface area (Å²) in [5, 5.41) is 3.22. The summed E-state index contributed by atoms with van der Waals surface area (Å²) in [6, 6.07) is 3.23. The van der Waals surface area contributed by atoms with Crippen molar-refractivity contribution >= 4 is 0 Å². The van der Waals surface area contributed by atoms with Gasteiger partial charge in [-0.05, 0) is 38.1 Å². The van der Waals surface area contributed by atoms with Gasteiger partial charge in [-0.2, -0.15) is 0 Å². The normalized spacial score (nSPS) is 23.0. The van der Waals surface area contributed by atoms with E-state index in [0.29, 0.717) is 0 Å². The molecule has 2 nitrogen and oxygen atoms in total. The Morgan fingerprint density at radius 2 is 2.19 bits per heavy atom. The number of fused-ring (bicyclic) bond motifs is 1. The lowest BCUT2D eigenvalue weighted by molar-refractivity contribution is 0.181. The van der Waals surface area contributed by atoms with Crippen molar-refractivity contribution in [3.63, 3.8) is 0 Å². The van der Waals surface area contributed by atoms with Gasteiger partial charge in [0, 0.05) is 5.56 Å². The molecule has 0 saturated heterocycles. The van der Waals surface area contributed by atoms with Gasteiger partial charge in [-0.3, -0.25) is 0 Å². The lowest BCUT2D eigenvalue weighted by Gasteiger charge is -2.17. The maximum Gasteiger partial charge on any atom is 0.127 e. The molecule has 0 aromatic heterocycles. The smallest absolute Gasteiger partial charge is 0.127 e. The van der Waals surface area contributed by atoms with E-state index in [1.165, 1.54) is 6.07 Å². The van der Waals surface area contributed by atoms with Gasteiger partial charge in [0.1, 0.15) is 17.7 Å². The molecule has 0 aliphatic carbocycles. The number of rotatable bonds is 3. The van der Waals surface area contributed by atoms with Gasteiger partial charge in [-0.25, -0.2) is 4.39 Å². The van der Waals surface area contributed by atoms with Gasteiger partial charge in [0.05, 0.1) is 6.04 Å². The van der Waals surface area contributed by atoms with Gasteiger partial charge in [0.2, 0.25) is 0 Å². The highest BCUT2D eigenvalue weighted by Crippen LogP contribution is 2.40. The minimum absolute atomic E-state index is 0.115. The van der Waals surface area contributed by atoms with E-state index in [0.717, 1.165) is 29.7 Å². The summed E-state index contributed by atoms with van der Waals surface area (Å²) < 4.78 is 19.3. The van der Waals surface area contributed by atoms with E-state index in [-0.39, 0.29) is 18.0 Å². The first-order chi connectivity index (χ1) is 7.67. The fraction of sp³-hybridized carbons (Fsp3) is 0.538. The number of halogens is 1. The van der Waals surface area contributed by atoms with Crippen LogP contribution in [0.25, 0.3) is 0 Å². The molecule has 0 spiro atoms. The molecule has 2 unspecified atom stereocenters. The fourth-order valence-corrected chi connectivity index (χ4v) is 2.42. The van der Waals surface area contributed by atoms with Crippen LogP contribution < -0.4 is 10.1 Å². The summed E-state index contributed by atoms with van der Waals surface area (Å²) >= 11 is 0. The third-order valence-corrected chi connectivity index (χ3v) is 3.13. The molecule has 0 saturated carbocycles. The van der Waals surface area contributed by atoms with E-state index in [4.69, 9.17) is 4.74 Å². The Morgan fingerprint density at radius 3 is 2.81 bits per heavy atom. The van der Waals surface area contributed by atoms with Crippen molar-refractivity contribution in [1.82, 2.24) is 5.32 Å². The molecule has 0 amide bonds. The topological polar surface area (TPSA) is 21.3 Å². The molecule has 88 valence electrons. The van der Waals surface area contributed by atoms with Crippen LogP contribution in [0.3, 0.4) is 0 Å². The molecule has 2 atom stereocenters. The van der Waals surface area contributed by atoms with Crippen molar-refractivity contribution < 1.29 is 9.13 Å². The molecular weight excluding hydrogens is 205 g/mol. The molecule has 1 heterocycles. The Kier molecular flexibility index (Phi) is 3.15. The second-order valence-corrected chi connectivity index (χ2v) is 4.35. The van der Waals surface area contributed by atoms with Crippen LogP contribution in [-0.2, 0) is 0 Å². The Labute approximate surface area is 95.8 Å². The molecule has 0 radical (unpaired) electrons. The zero-order chi connectivity index (χ0) is 11.7. The van der Waals surface area contributed by atoms with Crippen molar-refractivity contribution in [3.05, 3.63) is 29.1 Å². The predicted octanol–water partition coefficient (Wildman–Crippen LogP) is 2.96. The van der Waals surface area contributed by atoms with Gasteiger partial charge in [-0.1, -0.05) is 13.3 Å². The highest BCUT2D eigenvalue weighted by molar-refractivity contribution is 5.46. The summed E-state index contributed by atoms with van der Waals surface area (Å²) in [5.41, 5.74) is 1.84. The van der Waals surface area contributed by atoms with Crippen LogP contribution in [0.15, 0.2) is 12.1 Å². The number of benzene rings is 1. The third-order valence-electron chi connectivity index (χ3n) is 3.13. The van der Waals surface area contributed by atoms with Crippen molar-refractivity contribution in [2.45, 2.75) is 38.8 Å². The zero-order valence-electron chi connectivity index (χ0n) is 10.0. The second-order valence-electron chi connectivity index (χ2n) is 4.35. The van der Waals surface area contributed by atoms with Crippen molar-refractivity contribution in [2.75, 3.05) is 7.05 Å². The first-order valence-electron chi connectivity index (χ1n) is 5.81. The Morgan fingerprint density at radius 1 is 1.44 bits per heavy atom. The lowest BCUT2D eigenvalue weighted by Crippen LogP contribution is -2.28. The monoisotopic (exact) mass is 223 g/mol. The molecule has 0 bridgehead atoms. The third kappa shape index (κ3) is 1.80. The molecule has 2 rings (SSSR count). The molecule has 1 aliphatic heterocycles. The summed E-state index contributed by atoms with van der Waals surface area (Å²) in [4.78, 5) is 0. The lowest BCUT2D eigenvalue weighted by atomic mass is 9.99. The van der Waals surface area contributed by atoms with Crippen LogP contribution in [0, 0.1) is 12.7 Å². The van der Waals surface area contributed by atoms with Crippen LogP contribution >= 0.6 is 0 Å². The summed E-state index contributed by atoms with van der Waals surface area (Å²) in [6.45, 7) is 4.02. The maximum atomic E-state index is 13.4. The molecule has 3 heteroatoms. The first-order valence-corrected chi connectivity index (χ1v) is 5.81. The van der Waals surface area contributed by atoms with Crippen molar-refractivity contribution in [3.8, 4) is 5.75 Å². The summed E-state index contributed by atoms with van der Waals surface area (Å²) in [7, 11) is 1.89. The van der Waals surface area contributed by atoms with E-state index >= 15 is 0 Å². The SMILES string of the molecule is CCCC1Oc2c(C)cc(F)cc2C1NC. The first kappa shape index (κ1) is 11.4. The fourth-order valence-electron chi connectivity index (χ4n) is 2.42. The highest BCUT2D eigenvalue weighted by Gasteiger charge is 2.33. The van der Waals surface area contributed by atoms with Crippen molar-refractivity contribution in [2.24, 2.45) is 0 Å². The molecule has 1 aliphatic rings.